The molecule has 0 aromatic carbocycles. The number of nitrogens with one attached hydrogen (secondary N) is 1. The third kappa shape index (κ3) is 1.73. The molecule has 3 nitrogen and oxygen atoms in total. The lowest BCUT2D eigenvalue weighted by atomic mass is 9.56. The summed E-state index contributed by atoms with van der Waals surface area (Å²) in [6, 6.07) is -0.393. The smallest absolute Gasteiger partial charge is 0.322 e. The number of primary amides is 1. The van der Waals surface area contributed by atoms with Crippen molar-refractivity contribution in [1.82, 2.24) is 4.72 Å². The Hall–Kier alpha value is -0.380. The summed E-state index contributed by atoms with van der Waals surface area (Å²) in [6.07, 6.45) is 8.21. The van der Waals surface area contributed by atoms with Crippen molar-refractivity contribution >= 4 is 18.0 Å². The summed E-state index contributed by atoms with van der Waals surface area (Å²) in [5, 5.41) is 0. The molecule has 4 aliphatic carbocycles. The second-order valence-corrected chi connectivity index (χ2v) is 6.94. The molecule has 0 spiro atoms. The molecule has 2 amide bonds. The number of amides is 2. The topological polar surface area (TPSA) is 55.1 Å². The van der Waals surface area contributed by atoms with Crippen molar-refractivity contribution in [3.05, 3.63) is 0 Å². The Balaban J connectivity index is 1.72. The van der Waals surface area contributed by atoms with Gasteiger partial charge >= 0.3 is 6.03 Å². The Kier molecular flexibility index (Phi) is 2.16. The van der Waals surface area contributed by atoms with Crippen molar-refractivity contribution in [3.8, 4) is 0 Å². The summed E-state index contributed by atoms with van der Waals surface area (Å²) < 4.78 is 3.10. The summed E-state index contributed by atoms with van der Waals surface area (Å²) in [4.78, 5) is 10.8. The molecule has 4 rings (SSSR count). The molecule has 0 aromatic heterocycles. The molecule has 4 fully saturated rings. The first kappa shape index (κ1) is 9.82. The van der Waals surface area contributed by atoms with Crippen LogP contribution in [-0.2, 0) is 0 Å². The third-order valence-corrected chi connectivity index (χ3v) is 5.59. The molecular formula is C11H18N2OS. The number of carbonyl (C=O) groups excluding carboxylic acids is 1. The van der Waals surface area contributed by atoms with Crippen molar-refractivity contribution in [2.45, 2.75) is 43.3 Å². The zero-order valence-corrected chi connectivity index (χ0v) is 9.69. The van der Waals surface area contributed by atoms with Crippen molar-refractivity contribution in [2.24, 2.45) is 23.5 Å². The molecule has 0 atom stereocenters. The van der Waals surface area contributed by atoms with Crippen LogP contribution in [0.5, 0.6) is 0 Å². The standard InChI is InChI=1S/C11H18N2OS/c12-10(14)13-15-11-4-7-1-8(5-11)3-9(2-7)6-11/h7-9H,1-6H2,(H3,12,13,14). The zero-order valence-electron chi connectivity index (χ0n) is 8.87. The maximum atomic E-state index is 10.8. The predicted molar refractivity (Wildman–Crippen MR) is 61.2 cm³/mol. The van der Waals surface area contributed by atoms with E-state index in [1.165, 1.54) is 38.5 Å². The van der Waals surface area contributed by atoms with Gasteiger partial charge in [0.1, 0.15) is 0 Å². The number of nitrogens with two attached hydrogens (primary N) is 1. The van der Waals surface area contributed by atoms with E-state index in [-0.39, 0.29) is 0 Å². The first-order valence-corrected chi connectivity index (χ1v) is 6.70. The Morgan fingerprint density at radius 2 is 1.60 bits per heavy atom. The number of urea groups is 1. The minimum Gasteiger partial charge on any atom is -0.351 e. The summed E-state index contributed by atoms with van der Waals surface area (Å²) in [5.41, 5.74) is 5.15. The van der Waals surface area contributed by atoms with Crippen LogP contribution in [-0.4, -0.2) is 10.8 Å². The van der Waals surface area contributed by atoms with Crippen LogP contribution in [0.3, 0.4) is 0 Å². The van der Waals surface area contributed by atoms with Crippen LogP contribution in [0.1, 0.15) is 38.5 Å². The first-order valence-electron chi connectivity index (χ1n) is 5.89. The van der Waals surface area contributed by atoms with Crippen LogP contribution in [0.4, 0.5) is 4.79 Å². The van der Waals surface area contributed by atoms with Gasteiger partial charge in [0.25, 0.3) is 0 Å². The van der Waals surface area contributed by atoms with Gasteiger partial charge in [-0.05, 0) is 68.2 Å². The van der Waals surface area contributed by atoms with E-state index in [1.54, 1.807) is 11.9 Å². The molecule has 4 heteroatoms. The molecule has 0 heterocycles. The van der Waals surface area contributed by atoms with Gasteiger partial charge in [-0.15, -0.1) is 0 Å². The van der Waals surface area contributed by atoms with Gasteiger partial charge in [0.15, 0.2) is 0 Å². The molecular weight excluding hydrogens is 208 g/mol. The Morgan fingerprint density at radius 1 is 1.13 bits per heavy atom. The predicted octanol–water partition coefficient (Wildman–Crippen LogP) is 2.27. The lowest BCUT2D eigenvalue weighted by Crippen LogP contribution is -2.50. The number of carbonyl (C=O) groups is 1. The summed E-state index contributed by atoms with van der Waals surface area (Å²) in [7, 11) is 0. The maximum Gasteiger partial charge on any atom is 0.322 e. The molecule has 4 bridgehead atoms. The zero-order chi connectivity index (χ0) is 10.5. The van der Waals surface area contributed by atoms with E-state index in [0.29, 0.717) is 4.75 Å². The average molecular weight is 226 g/mol. The average Bonchev–Trinajstić information content (AvgIpc) is 2.12. The van der Waals surface area contributed by atoms with E-state index in [0.717, 1.165) is 17.8 Å². The lowest BCUT2D eigenvalue weighted by Gasteiger charge is -2.55. The van der Waals surface area contributed by atoms with Crippen molar-refractivity contribution in [2.75, 3.05) is 0 Å². The molecule has 0 aromatic rings. The first-order chi connectivity index (χ1) is 7.15. The van der Waals surface area contributed by atoms with Gasteiger partial charge in [-0.3, -0.25) is 4.72 Å². The molecule has 0 radical (unpaired) electrons. The fourth-order valence-electron chi connectivity index (χ4n) is 4.31. The maximum absolute atomic E-state index is 10.8. The Morgan fingerprint density at radius 3 is 2.00 bits per heavy atom. The highest BCUT2D eigenvalue weighted by molar-refractivity contribution is 7.99. The van der Waals surface area contributed by atoms with Gasteiger partial charge in [-0.1, -0.05) is 0 Å². The second kappa shape index (κ2) is 3.30. The highest BCUT2D eigenvalue weighted by Gasteiger charge is 2.51. The van der Waals surface area contributed by atoms with Crippen molar-refractivity contribution < 1.29 is 4.79 Å². The molecule has 15 heavy (non-hydrogen) atoms. The Bertz CT molecular complexity index is 257. The van der Waals surface area contributed by atoms with E-state index in [9.17, 15) is 4.79 Å². The van der Waals surface area contributed by atoms with Crippen LogP contribution >= 0.6 is 11.9 Å². The van der Waals surface area contributed by atoms with E-state index in [2.05, 4.69) is 4.72 Å². The highest BCUT2D eigenvalue weighted by Crippen LogP contribution is 2.59. The molecule has 84 valence electrons. The molecule has 0 aliphatic heterocycles. The van der Waals surface area contributed by atoms with E-state index in [1.807, 2.05) is 0 Å². The molecule has 3 N–H and O–H groups in total. The van der Waals surface area contributed by atoms with E-state index in [4.69, 9.17) is 5.73 Å². The number of hydrogen-bond acceptors (Lipinski definition) is 2. The van der Waals surface area contributed by atoms with E-state index < -0.39 is 6.03 Å². The van der Waals surface area contributed by atoms with Gasteiger partial charge in [0.2, 0.25) is 0 Å². The summed E-state index contributed by atoms with van der Waals surface area (Å²) in [6.45, 7) is 0. The van der Waals surface area contributed by atoms with Gasteiger partial charge in [-0.25, -0.2) is 4.79 Å². The minimum atomic E-state index is -0.393. The minimum absolute atomic E-state index is 0.337. The lowest BCUT2D eigenvalue weighted by molar-refractivity contribution is 0.0381. The van der Waals surface area contributed by atoms with Gasteiger partial charge in [0.05, 0.1) is 0 Å². The van der Waals surface area contributed by atoms with E-state index >= 15 is 0 Å². The monoisotopic (exact) mass is 226 g/mol. The quantitative estimate of drug-likeness (QED) is 0.710. The largest absolute Gasteiger partial charge is 0.351 e. The van der Waals surface area contributed by atoms with Gasteiger partial charge in [0, 0.05) is 4.75 Å². The Labute approximate surface area is 94.7 Å². The SMILES string of the molecule is NC(=O)NSC12CC3CC(CC(C3)C1)C2. The molecule has 4 saturated carbocycles. The van der Waals surface area contributed by atoms with Crippen LogP contribution < -0.4 is 10.5 Å². The van der Waals surface area contributed by atoms with Crippen LogP contribution in [0.2, 0.25) is 0 Å². The van der Waals surface area contributed by atoms with Crippen LogP contribution in [0.15, 0.2) is 0 Å². The van der Waals surface area contributed by atoms with Crippen LogP contribution in [0.25, 0.3) is 0 Å². The molecule has 0 saturated heterocycles. The second-order valence-electron chi connectivity index (χ2n) is 5.67. The normalized spacial score (nSPS) is 46.8. The van der Waals surface area contributed by atoms with Crippen LogP contribution in [0, 0.1) is 17.8 Å². The fourth-order valence-corrected chi connectivity index (χ4v) is 5.59. The number of rotatable bonds is 2. The fraction of sp³-hybridized carbons (Fsp3) is 0.909. The van der Waals surface area contributed by atoms with Crippen molar-refractivity contribution in [1.29, 1.82) is 0 Å². The number of hydrogen-bond donors (Lipinski definition) is 2. The summed E-state index contributed by atoms with van der Waals surface area (Å²) in [5.74, 6) is 2.79. The molecule has 0 unspecified atom stereocenters. The summed E-state index contributed by atoms with van der Waals surface area (Å²) >= 11 is 1.62. The third-order valence-electron chi connectivity index (χ3n) is 4.35. The van der Waals surface area contributed by atoms with Gasteiger partial charge in [-0.2, -0.15) is 0 Å². The highest BCUT2D eigenvalue weighted by atomic mass is 32.2. The van der Waals surface area contributed by atoms with Crippen molar-refractivity contribution in [3.63, 3.8) is 0 Å². The molecule has 4 aliphatic rings. The van der Waals surface area contributed by atoms with Gasteiger partial charge < -0.3 is 5.73 Å².